The van der Waals surface area contributed by atoms with Gasteiger partial charge in [-0.2, -0.15) is 5.10 Å². The first-order valence-electron chi connectivity index (χ1n) is 5.16. The van der Waals surface area contributed by atoms with Crippen LogP contribution in [0.4, 0.5) is 0 Å². The van der Waals surface area contributed by atoms with Crippen molar-refractivity contribution in [2.24, 2.45) is 18.9 Å². The molecule has 1 aromatic heterocycles. The third-order valence-corrected chi connectivity index (χ3v) is 2.73. The predicted molar refractivity (Wildman–Crippen MR) is 60.6 cm³/mol. The molecule has 0 saturated heterocycles. The first-order valence-corrected chi connectivity index (χ1v) is 5.69. The van der Waals surface area contributed by atoms with E-state index >= 15 is 0 Å². The van der Waals surface area contributed by atoms with E-state index in [2.05, 4.69) is 25.0 Å². The van der Waals surface area contributed by atoms with Gasteiger partial charge in [0.1, 0.15) is 0 Å². The molecule has 1 atom stereocenters. The molecular formula is C11H19ClN2. The number of alkyl halides is 1. The van der Waals surface area contributed by atoms with Crippen molar-refractivity contribution in [1.29, 1.82) is 0 Å². The number of aromatic nitrogens is 2. The molecule has 0 bridgehead atoms. The van der Waals surface area contributed by atoms with Crippen LogP contribution >= 0.6 is 11.6 Å². The van der Waals surface area contributed by atoms with Gasteiger partial charge in [-0.05, 0) is 30.7 Å². The quantitative estimate of drug-likeness (QED) is 0.690. The maximum atomic E-state index is 5.93. The number of rotatable bonds is 5. The first-order chi connectivity index (χ1) is 6.61. The van der Waals surface area contributed by atoms with Gasteiger partial charge in [0.2, 0.25) is 0 Å². The minimum Gasteiger partial charge on any atom is -0.276 e. The Morgan fingerprint density at radius 1 is 1.50 bits per heavy atom. The number of hydrogen-bond acceptors (Lipinski definition) is 1. The van der Waals surface area contributed by atoms with Crippen molar-refractivity contribution < 1.29 is 0 Å². The Morgan fingerprint density at radius 3 is 2.64 bits per heavy atom. The molecule has 1 heterocycles. The second-order valence-electron chi connectivity index (χ2n) is 4.33. The summed E-state index contributed by atoms with van der Waals surface area (Å²) in [6.07, 6.45) is 4.17. The molecule has 1 aromatic rings. The van der Waals surface area contributed by atoms with Gasteiger partial charge >= 0.3 is 0 Å². The highest BCUT2D eigenvalue weighted by molar-refractivity contribution is 6.18. The summed E-state index contributed by atoms with van der Waals surface area (Å²) in [7, 11) is 1.95. The fourth-order valence-electron chi connectivity index (χ4n) is 1.74. The van der Waals surface area contributed by atoms with Gasteiger partial charge < -0.3 is 0 Å². The second kappa shape index (κ2) is 5.40. The molecule has 0 aliphatic carbocycles. The normalized spacial score (nSPS) is 13.5. The Kier molecular flexibility index (Phi) is 4.46. The van der Waals surface area contributed by atoms with E-state index in [0.717, 1.165) is 18.0 Å². The summed E-state index contributed by atoms with van der Waals surface area (Å²) in [5.41, 5.74) is 1.15. The van der Waals surface area contributed by atoms with Crippen LogP contribution in [-0.4, -0.2) is 15.7 Å². The van der Waals surface area contributed by atoms with Gasteiger partial charge in [-0.1, -0.05) is 13.8 Å². The monoisotopic (exact) mass is 214 g/mol. The van der Waals surface area contributed by atoms with Crippen LogP contribution in [0.2, 0.25) is 0 Å². The van der Waals surface area contributed by atoms with Gasteiger partial charge in [-0.25, -0.2) is 0 Å². The molecule has 14 heavy (non-hydrogen) atoms. The summed E-state index contributed by atoms with van der Waals surface area (Å²) in [6.45, 7) is 4.47. The molecule has 2 nitrogen and oxygen atoms in total. The minimum atomic E-state index is 0.562. The number of halogens is 1. The van der Waals surface area contributed by atoms with Gasteiger partial charge in [0.15, 0.2) is 0 Å². The van der Waals surface area contributed by atoms with Crippen molar-refractivity contribution in [2.45, 2.75) is 26.7 Å². The molecule has 0 saturated carbocycles. The SMILES string of the molecule is CC(C)CC(CCl)Cc1ccn(C)n1. The molecule has 3 heteroatoms. The van der Waals surface area contributed by atoms with Gasteiger partial charge in [0, 0.05) is 19.1 Å². The van der Waals surface area contributed by atoms with E-state index in [1.54, 1.807) is 0 Å². The average Bonchev–Trinajstić information content (AvgIpc) is 2.49. The zero-order valence-corrected chi connectivity index (χ0v) is 9.96. The van der Waals surface area contributed by atoms with Crippen LogP contribution in [0.3, 0.4) is 0 Å². The van der Waals surface area contributed by atoms with Gasteiger partial charge in [0.05, 0.1) is 5.69 Å². The molecule has 0 aromatic carbocycles. The highest BCUT2D eigenvalue weighted by Crippen LogP contribution is 2.17. The maximum Gasteiger partial charge on any atom is 0.0627 e. The zero-order valence-electron chi connectivity index (χ0n) is 9.20. The molecule has 0 spiro atoms. The fourth-order valence-corrected chi connectivity index (χ4v) is 1.97. The third kappa shape index (κ3) is 3.70. The van der Waals surface area contributed by atoms with Crippen molar-refractivity contribution >= 4 is 11.6 Å². The Balaban J connectivity index is 2.48. The largest absolute Gasteiger partial charge is 0.276 e. The number of aryl methyl sites for hydroxylation is 1. The molecule has 1 rings (SSSR count). The Labute approximate surface area is 91.3 Å². The van der Waals surface area contributed by atoms with Crippen LogP contribution in [0.1, 0.15) is 26.0 Å². The molecule has 0 aliphatic rings. The Morgan fingerprint density at radius 2 is 2.21 bits per heavy atom. The number of hydrogen-bond donors (Lipinski definition) is 0. The van der Waals surface area contributed by atoms with Gasteiger partial charge in [-0.3, -0.25) is 4.68 Å². The van der Waals surface area contributed by atoms with E-state index in [1.807, 2.05) is 17.9 Å². The third-order valence-electron chi connectivity index (χ3n) is 2.29. The summed E-state index contributed by atoms with van der Waals surface area (Å²) in [5.74, 6) is 2.00. The van der Waals surface area contributed by atoms with Crippen LogP contribution in [0.15, 0.2) is 12.3 Å². The highest BCUT2D eigenvalue weighted by atomic mass is 35.5. The lowest BCUT2D eigenvalue weighted by molar-refractivity contribution is 0.436. The van der Waals surface area contributed by atoms with E-state index < -0.39 is 0 Å². The van der Waals surface area contributed by atoms with Crippen LogP contribution in [-0.2, 0) is 13.5 Å². The smallest absolute Gasteiger partial charge is 0.0627 e. The zero-order chi connectivity index (χ0) is 10.6. The molecule has 0 amide bonds. The van der Waals surface area contributed by atoms with Crippen molar-refractivity contribution in [3.8, 4) is 0 Å². The van der Waals surface area contributed by atoms with Crippen molar-refractivity contribution in [2.75, 3.05) is 5.88 Å². The average molecular weight is 215 g/mol. The van der Waals surface area contributed by atoms with Crippen molar-refractivity contribution in [3.05, 3.63) is 18.0 Å². The predicted octanol–water partition coefficient (Wildman–Crippen LogP) is 2.86. The lowest BCUT2D eigenvalue weighted by Gasteiger charge is -2.14. The van der Waals surface area contributed by atoms with Crippen LogP contribution in [0.25, 0.3) is 0 Å². The maximum absolute atomic E-state index is 5.93. The van der Waals surface area contributed by atoms with Crippen molar-refractivity contribution in [3.63, 3.8) is 0 Å². The summed E-state index contributed by atoms with van der Waals surface area (Å²) in [6, 6.07) is 2.07. The van der Waals surface area contributed by atoms with Crippen LogP contribution in [0.5, 0.6) is 0 Å². The summed E-state index contributed by atoms with van der Waals surface area (Å²) < 4.78 is 1.84. The molecule has 0 N–H and O–H groups in total. The minimum absolute atomic E-state index is 0.562. The second-order valence-corrected chi connectivity index (χ2v) is 4.64. The number of nitrogens with zero attached hydrogens (tertiary/aromatic N) is 2. The van der Waals surface area contributed by atoms with E-state index in [9.17, 15) is 0 Å². The summed E-state index contributed by atoms with van der Waals surface area (Å²) >= 11 is 5.93. The van der Waals surface area contributed by atoms with E-state index in [4.69, 9.17) is 11.6 Å². The first kappa shape index (κ1) is 11.6. The molecule has 80 valence electrons. The summed E-state index contributed by atoms with van der Waals surface area (Å²) in [5, 5.41) is 4.36. The van der Waals surface area contributed by atoms with Crippen molar-refractivity contribution in [1.82, 2.24) is 9.78 Å². The van der Waals surface area contributed by atoms with E-state index in [-0.39, 0.29) is 0 Å². The lowest BCUT2D eigenvalue weighted by Crippen LogP contribution is -2.10. The molecular weight excluding hydrogens is 196 g/mol. The topological polar surface area (TPSA) is 17.8 Å². The highest BCUT2D eigenvalue weighted by Gasteiger charge is 2.11. The molecule has 0 radical (unpaired) electrons. The van der Waals surface area contributed by atoms with Gasteiger partial charge in [-0.15, -0.1) is 11.6 Å². The lowest BCUT2D eigenvalue weighted by atomic mass is 9.95. The molecule has 0 fully saturated rings. The standard InChI is InChI=1S/C11H19ClN2/c1-9(2)6-10(8-12)7-11-4-5-14(3)13-11/h4-5,9-10H,6-8H2,1-3H3. The van der Waals surface area contributed by atoms with E-state index in [0.29, 0.717) is 11.8 Å². The van der Waals surface area contributed by atoms with E-state index in [1.165, 1.54) is 6.42 Å². The summed E-state index contributed by atoms with van der Waals surface area (Å²) in [4.78, 5) is 0. The molecule has 0 aliphatic heterocycles. The Bertz CT molecular complexity index is 268. The molecule has 1 unspecified atom stereocenters. The van der Waals surface area contributed by atoms with Crippen LogP contribution < -0.4 is 0 Å². The van der Waals surface area contributed by atoms with Crippen LogP contribution in [0, 0.1) is 11.8 Å². The fraction of sp³-hybridized carbons (Fsp3) is 0.727. The Hall–Kier alpha value is -0.500. The van der Waals surface area contributed by atoms with Gasteiger partial charge in [0.25, 0.3) is 0 Å².